The highest BCUT2D eigenvalue weighted by Gasteiger charge is 2.36. The largest absolute Gasteiger partial charge is 0.465 e. The first-order valence-electron chi connectivity index (χ1n) is 5.47. The average Bonchev–Trinajstić information content (AvgIpc) is 2.78. The van der Waals surface area contributed by atoms with Gasteiger partial charge in [0.2, 0.25) is 0 Å². The maximum absolute atomic E-state index is 13.5. The van der Waals surface area contributed by atoms with Crippen molar-refractivity contribution in [2.75, 3.05) is 6.54 Å². The molecule has 0 radical (unpaired) electrons. The second-order valence-electron chi connectivity index (χ2n) is 4.31. The van der Waals surface area contributed by atoms with Crippen molar-refractivity contribution < 1.29 is 18.7 Å². The van der Waals surface area contributed by atoms with Gasteiger partial charge in [0.05, 0.1) is 5.41 Å². The summed E-state index contributed by atoms with van der Waals surface area (Å²) in [5.74, 6) is -1.81. The molecule has 19 heavy (non-hydrogen) atoms. The molecule has 1 aliphatic rings. The van der Waals surface area contributed by atoms with Gasteiger partial charge >= 0.3 is 6.09 Å². The lowest BCUT2D eigenvalue weighted by atomic mass is 9.78. The number of aromatic nitrogens is 1. The highest BCUT2D eigenvalue weighted by molar-refractivity contribution is 9.10. The third kappa shape index (κ3) is 2.86. The van der Waals surface area contributed by atoms with Crippen molar-refractivity contribution in [3.8, 4) is 0 Å². The van der Waals surface area contributed by atoms with Crippen molar-refractivity contribution in [1.29, 1.82) is 0 Å². The van der Waals surface area contributed by atoms with E-state index in [2.05, 4.69) is 26.2 Å². The van der Waals surface area contributed by atoms with E-state index in [1.165, 1.54) is 6.08 Å². The van der Waals surface area contributed by atoms with Gasteiger partial charge in [-0.2, -0.15) is 0 Å². The van der Waals surface area contributed by atoms with Crippen molar-refractivity contribution in [3.05, 3.63) is 46.2 Å². The van der Waals surface area contributed by atoms with Crippen LogP contribution in [0.5, 0.6) is 0 Å². The number of carboxylic acid groups (broad SMARTS) is 1. The van der Waals surface area contributed by atoms with E-state index in [9.17, 15) is 13.6 Å². The molecular weight excluding hydrogens is 322 g/mol. The molecule has 4 nitrogen and oxygen atoms in total. The Balaban J connectivity index is 2.35. The Morgan fingerprint density at radius 2 is 2.32 bits per heavy atom. The number of allylic oxidation sites excluding steroid dienone is 3. The molecule has 1 amide bonds. The molecule has 2 rings (SSSR count). The van der Waals surface area contributed by atoms with Crippen LogP contribution in [0.1, 0.15) is 12.1 Å². The van der Waals surface area contributed by atoms with Crippen molar-refractivity contribution >= 4 is 22.0 Å². The van der Waals surface area contributed by atoms with Crippen LogP contribution in [0.15, 0.2) is 40.5 Å². The summed E-state index contributed by atoms with van der Waals surface area (Å²) < 4.78 is 27.4. The predicted octanol–water partition coefficient (Wildman–Crippen LogP) is 3.39. The monoisotopic (exact) mass is 332 g/mol. The van der Waals surface area contributed by atoms with Gasteiger partial charge in [-0.05, 0) is 28.1 Å². The Morgan fingerprint density at radius 1 is 1.58 bits per heavy atom. The minimum Gasteiger partial charge on any atom is -0.465 e. The molecule has 1 heterocycles. The highest BCUT2D eigenvalue weighted by atomic mass is 79.9. The van der Waals surface area contributed by atoms with Crippen LogP contribution in [-0.2, 0) is 5.41 Å². The molecule has 3 N–H and O–H groups in total. The van der Waals surface area contributed by atoms with Crippen LogP contribution in [0.3, 0.4) is 0 Å². The Hall–Kier alpha value is -1.63. The Kier molecular flexibility index (Phi) is 3.75. The van der Waals surface area contributed by atoms with Gasteiger partial charge in [-0.1, -0.05) is 6.08 Å². The molecule has 0 aliphatic heterocycles. The fourth-order valence-electron chi connectivity index (χ4n) is 2.03. The van der Waals surface area contributed by atoms with E-state index in [0.717, 1.165) is 10.5 Å². The molecule has 1 atom stereocenters. The number of aromatic amines is 1. The van der Waals surface area contributed by atoms with Crippen LogP contribution >= 0.6 is 15.9 Å². The van der Waals surface area contributed by atoms with E-state index in [1.54, 1.807) is 12.3 Å². The van der Waals surface area contributed by atoms with Gasteiger partial charge in [0, 0.05) is 29.3 Å². The molecule has 1 aromatic heterocycles. The maximum atomic E-state index is 13.5. The third-order valence-corrected chi connectivity index (χ3v) is 3.48. The number of halogens is 3. The summed E-state index contributed by atoms with van der Waals surface area (Å²) in [5, 5.41) is 10.9. The number of H-pyrrole nitrogens is 1. The molecule has 1 aromatic rings. The van der Waals surface area contributed by atoms with Gasteiger partial charge in [-0.25, -0.2) is 13.6 Å². The van der Waals surface area contributed by atoms with Crippen LogP contribution < -0.4 is 5.32 Å². The van der Waals surface area contributed by atoms with Gasteiger partial charge in [-0.3, -0.25) is 0 Å². The van der Waals surface area contributed by atoms with Gasteiger partial charge in [-0.15, -0.1) is 0 Å². The number of amides is 1. The van der Waals surface area contributed by atoms with Crippen LogP contribution in [0.25, 0.3) is 0 Å². The van der Waals surface area contributed by atoms with Crippen molar-refractivity contribution in [2.24, 2.45) is 0 Å². The molecule has 0 fully saturated rings. The summed E-state index contributed by atoms with van der Waals surface area (Å²) in [6, 6.07) is 1.71. The van der Waals surface area contributed by atoms with Gasteiger partial charge in [0.1, 0.15) is 5.83 Å². The third-order valence-electron chi connectivity index (χ3n) is 3.02. The smallest absolute Gasteiger partial charge is 0.404 e. The van der Waals surface area contributed by atoms with E-state index in [-0.39, 0.29) is 13.0 Å². The van der Waals surface area contributed by atoms with Crippen LogP contribution in [0, 0.1) is 0 Å². The zero-order valence-electron chi connectivity index (χ0n) is 9.71. The van der Waals surface area contributed by atoms with E-state index in [4.69, 9.17) is 5.11 Å². The van der Waals surface area contributed by atoms with Crippen LogP contribution in [0.2, 0.25) is 0 Å². The van der Waals surface area contributed by atoms with Crippen molar-refractivity contribution in [3.63, 3.8) is 0 Å². The lowest BCUT2D eigenvalue weighted by Gasteiger charge is -2.31. The van der Waals surface area contributed by atoms with Crippen molar-refractivity contribution in [2.45, 2.75) is 11.8 Å². The van der Waals surface area contributed by atoms with Crippen LogP contribution in [-0.4, -0.2) is 22.7 Å². The molecule has 1 aliphatic carbocycles. The molecule has 0 saturated carbocycles. The summed E-state index contributed by atoms with van der Waals surface area (Å²) >= 11 is 3.26. The SMILES string of the molecule is O=C(O)NCC1(c2cc(Br)c[nH]2)C=CC(F)=C(F)C1. The summed E-state index contributed by atoms with van der Waals surface area (Å²) in [5.41, 5.74) is -0.351. The zero-order valence-corrected chi connectivity index (χ0v) is 11.3. The molecule has 0 spiro atoms. The normalized spacial score (nSPS) is 22.7. The lowest BCUT2D eigenvalue weighted by Crippen LogP contribution is -2.40. The van der Waals surface area contributed by atoms with E-state index < -0.39 is 23.2 Å². The Bertz CT molecular complexity index is 568. The Morgan fingerprint density at radius 3 is 2.84 bits per heavy atom. The quantitative estimate of drug-likeness (QED) is 0.794. The zero-order chi connectivity index (χ0) is 14.0. The number of rotatable bonds is 3. The molecule has 7 heteroatoms. The standard InChI is InChI=1S/C12H11BrF2N2O2/c13-7-3-10(16-5-7)12(6-17-11(18)19)2-1-8(14)9(15)4-12/h1-3,5,16-17H,4,6H2,(H,18,19). The second kappa shape index (κ2) is 5.16. The fourth-order valence-corrected chi connectivity index (χ4v) is 2.38. The maximum Gasteiger partial charge on any atom is 0.404 e. The first-order valence-corrected chi connectivity index (χ1v) is 6.27. The number of hydrogen-bond donors (Lipinski definition) is 3. The minimum atomic E-state index is -1.21. The summed E-state index contributed by atoms with van der Waals surface area (Å²) in [4.78, 5) is 13.6. The number of nitrogens with one attached hydrogen (secondary N) is 2. The first kappa shape index (κ1) is 13.8. The number of carbonyl (C=O) groups is 1. The molecule has 0 aromatic carbocycles. The summed E-state index contributed by atoms with van der Waals surface area (Å²) in [6.45, 7) is -0.0491. The second-order valence-corrected chi connectivity index (χ2v) is 5.23. The van der Waals surface area contributed by atoms with E-state index in [1.807, 2.05) is 0 Å². The van der Waals surface area contributed by atoms with Gasteiger partial charge < -0.3 is 15.4 Å². The molecule has 0 saturated heterocycles. The lowest BCUT2D eigenvalue weighted by molar-refractivity contribution is 0.191. The molecular formula is C12H11BrF2N2O2. The van der Waals surface area contributed by atoms with E-state index >= 15 is 0 Å². The van der Waals surface area contributed by atoms with Gasteiger partial charge in [0.15, 0.2) is 5.83 Å². The van der Waals surface area contributed by atoms with Crippen molar-refractivity contribution in [1.82, 2.24) is 10.3 Å². The molecule has 1 unspecified atom stereocenters. The van der Waals surface area contributed by atoms with E-state index in [0.29, 0.717) is 5.69 Å². The number of hydrogen-bond acceptors (Lipinski definition) is 1. The summed E-state index contributed by atoms with van der Waals surface area (Å²) in [6.07, 6.45) is 2.70. The highest BCUT2D eigenvalue weighted by Crippen LogP contribution is 2.38. The molecule has 0 bridgehead atoms. The topological polar surface area (TPSA) is 65.1 Å². The van der Waals surface area contributed by atoms with Gasteiger partial charge in [0.25, 0.3) is 0 Å². The predicted molar refractivity (Wildman–Crippen MR) is 69.2 cm³/mol. The first-order chi connectivity index (χ1) is 8.93. The van der Waals surface area contributed by atoms with Crippen LogP contribution in [0.4, 0.5) is 13.6 Å². The Labute approximate surface area is 116 Å². The fraction of sp³-hybridized carbons (Fsp3) is 0.250. The summed E-state index contributed by atoms with van der Waals surface area (Å²) in [7, 11) is 0. The average molecular weight is 333 g/mol. The minimum absolute atomic E-state index is 0.0491. The molecule has 102 valence electrons.